The predicted molar refractivity (Wildman–Crippen MR) is 212 cm³/mol. The second kappa shape index (κ2) is 17.7. The number of benzene rings is 3. The summed E-state index contributed by atoms with van der Waals surface area (Å²) in [6, 6.07) is 31.2. The fraction of sp³-hybridized carbons (Fsp3) is 0.500. The van der Waals surface area contributed by atoms with Crippen molar-refractivity contribution in [1.29, 1.82) is 0 Å². The van der Waals surface area contributed by atoms with Crippen molar-refractivity contribution in [2.45, 2.75) is 129 Å². The quantitative estimate of drug-likeness (QED) is 0.171. The van der Waals surface area contributed by atoms with Gasteiger partial charge in [-0.2, -0.15) is 0 Å². The molecule has 0 radical (unpaired) electrons. The van der Waals surface area contributed by atoms with Crippen molar-refractivity contribution < 1.29 is 19.3 Å². The van der Waals surface area contributed by atoms with Gasteiger partial charge in [-0.05, 0) is 116 Å². The van der Waals surface area contributed by atoms with Crippen LogP contribution in [0, 0.1) is 23.2 Å². The molecule has 0 amide bonds. The molecule has 0 spiro atoms. The van der Waals surface area contributed by atoms with Crippen molar-refractivity contribution in [3.63, 3.8) is 0 Å². The molecular weight excluding hydrogens is 641 g/mol. The summed E-state index contributed by atoms with van der Waals surface area (Å²) in [7, 11) is 0. The molecule has 3 aromatic carbocycles. The molecule has 3 saturated carbocycles. The molecule has 0 aliphatic heterocycles. The molecule has 6 rings (SSSR count). The van der Waals surface area contributed by atoms with E-state index in [1.54, 1.807) is 5.57 Å². The summed E-state index contributed by atoms with van der Waals surface area (Å²) >= 11 is 0. The van der Waals surface area contributed by atoms with Crippen molar-refractivity contribution >= 4 is 0 Å². The Morgan fingerprint density at radius 3 is 2.04 bits per heavy atom. The van der Waals surface area contributed by atoms with Gasteiger partial charge in [-0.1, -0.05) is 129 Å². The third-order valence-electron chi connectivity index (χ3n) is 12.5. The molecule has 0 bridgehead atoms. The van der Waals surface area contributed by atoms with Gasteiger partial charge in [-0.25, -0.2) is 0 Å². The lowest BCUT2D eigenvalue weighted by Crippen LogP contribution is -2.39. The maximum Gasteiger partial charge on any atom is 0.0861 e. The van der Waals surface area contributed by atoms with Gasteiger partial charge in [0.2, 0.25) is 0 Å². The van der Waals surface area contributed by atoms with Crippen LogP contribution in [0.2, 0.25) is 0 Å². The maximum atomic E-state index is 11.0. The van der Waals surface area contributed by atoms with Gasteiger partial charge in [0.25, 0.3) is 0 Å². The van der Waals surface area contributed by atoms with Crippen LogP contribution in [-0.4, -0.2) is 29.0 Å². The van der Waals surface area contributed by atoms with Crippen molar-refractivity contribution in [3.05, 3.63) is 143 Å². The molecule has 3 fully saturated rings. The van der Waals surface area contributed by atoms with Gasteiger partial charge in [0.05, 0.1) is 43.7 Å². The lowest BCUT2D eigenvalue weighted by atomic mass is 9.60. The van der Waals surface area contributed by atoms with Crippen LogP contribution in [0.25, 0.3) is 0 Å². The Morgan fingerprint density at radius 2 is 1.42 bits per heavy atom. The molecule has 52 heavy (non-hydrogen) atoms. The molecule has 7 atom stereocenters. The number of allylic oxidation sites excluding steroid dienone is 3. The zero-order valence-electron chi connectivity index (χ0n) is 32.1. The average Bonchev–Trinajstić information content (AvgIpc) is 3.51. The third-order valence-corrected chi connectivity index (χ3v) is 12.5. The summed E-state index contributed by atoms with van der Waals surface area (Å²) in [5.74, 6) is 1.85. The van der Waals surface area contributed by atoms with Crippen LogP contribution in [-0.2, 0) is 34.0 Å². The first-order valence-electron chi connectivity index (χ1n) is 19.9. The number of hydrogen-bond donors (Lipinski definition) is 1. The molecule has 0 saturated heterocycles. The van der Waals surface area contributed by atoms with E-state index < -0.39 is 5.60 Å². The van der Waals surface area contributed by atoms with Crippen molar-refractivity contribution in [2.24, 2.45) is 23.2 Å². The predicted octanol–water partition coefficient (Wildman–Crippen LogP) is 11.3. The highest BCUT2D eigenvalue weighted by Crippen LogP contribution is 2.60. The third kappa shape index (κ3) is 9.82. The molecule has 3 aliphatic rings. The normalized spacial score (nSPS) is 27.8. The Morgan fingerprint density at radius 1 is 0.827 bits per heavy atom. The minimum Gasteiger partial charge on any atom is -0.388 e. The molecule has 3 aliphatic carbocycles. The number of hydrogen-bond acceptors (Lipinski definition) is 4. The van der Waals surface area contributed by atoms with Gasteiger partial charge < -0.3 is 19.3 Å². The van der Waals surface area contributed by atoms with Gasteiger partial charge in [0.15, 0.2) is 0 Å². The molecule has 4 heteroatoms. The Hall–Kier alpha value is -3.28. The highest BCUT2D eigenvalue weighted by atomic mass is 16.5. The zero-order chi connectivity index (χ0) is 36.6. The average molecular weight is 703 g/mol. The standard InChI is InChI=1S/C48H62O4/c1-35(23-28-46(47(3,4)49)52-34-39-20-13-8-14-21-39)43-26-27-44-40(22-15-29-48(43,44)5)24-25-41-30-42(50-32-37-16-9-6-10-17-37)31-45(36(41)2)51-33-38-18-11-7-12-19-38/h6-14,16-21,24-25,35,42-46,49H,2,15,22-23,26-34H2,1,3-5H3/b40-24?,41-25-/t35-,42-,43-,44?,45-,46+,48-/m1/s1. The zero-order valence-corrected chi connectivity index (χ0v) is 32.1. The van der Waals surface area contributed by atoms with E-state index in [4.69, 9.17) is 14.2 Å². The van der Waals surface area contributed by atoms with Crippen LogP contribution in [0.5, 0.6) is 0 Å². The summed E-state index contributed by atoms with van der Waals surface area (Å²) in [6.45, 7) is 15.1. The maximum absolute atomic E-state index is 11.0. The van der Waals surface area contributed by atoms with E-state index in [9.17, 15) is 5.11 Å². The van der Waals surface area contributed by atoms with Crippen LogP contribution in [0.4, 0.5) is 0 Å². The summed E-state index contributed by atoms with van der Waals surface area (Å²) in [5.41, 5.74) is 6.90. The van der Waals surface area contributed by atoms with E-state index in [0.717, 1.165) is 36.8 Å². The van der Waals surface area contributed by atoms with Crippen molar-refractivity contribution in [1.82, 2.24) is 0 Å². The number of rotatable bonds is 15. The fourth-order valence-corrected chi connectivity index (χ4v) is 9.53. The molecule has 0 aromatic heterocycles. The minimum atomic E-state index is -0.884. The molecule has 3 aromatic rings. The lowest BCUT2D eigenvalue weighted by molar-refractivity contribution is -0.101. The van der Waals surface area contributed by atoms with E-state index in [0.29, 0.717) is 43.0 Å². The fourth-order valence-electron chi connectivity index (χ4n) is 9.53. The lowest BCUT2D eigenvalue weighted by Gasteiger charge is -2.44. The number of fused-ring (bicyclic) bond motifs is 1. The van der Waals surface area contributed by atoms with Crippen LogP contribution in [0.3, 0.4) is 0 Å². The van der Waals surface area contributed by atoms with Crippen LogP contribution >= 0.6 is 0 Å². The summed E-state index contributed by atoms with van der Waals surface area (Å²) in [6.07, 6.45) is 14.5. The first-order valence-corrected chi connectivity index (χ1v) is 19.9. The van der Waals surface area contributed by atoms with E-state index in [1.165, 1.54) is 48.8 Å². The topological polar surface area (TPSA) is 47.9 Å². The van der Waals surface area contributed by atoms with E-state index in [2.05, 4.69) is 99.3 Å². The van der Waals surface area contributed by atoms with Crippen molar-refractivity contribution in [3.8, 4) is 0 Å². The Bertz CT molecular complexity index is 1620. The first kappa shape index (κ1) is 38.4. The summed E-state index contributed by atoms with van der Waals surface area (Å²) < 4.78 is 19.4. The van der Waals surface area contributed by atoms with Gasteiger partial charge in [0.1, 0.15) is 0 Å². The second-order valence-electron chi connectivity index (χ2n) is 16.7. The number of aliphatic hydroxyl groups is 1. The highest BCUT2D eigenvalue weighted by Gasteiger charge is 2.50. The van der Waals surface area contributed by atoms with E-state index >= 15 is 0 Å². The molecular formula is C48H62O4. The SMILES string of the molecule is C=C1/C(=C\C=C2CCC[C@@]3(C)C2CC[C@@H]3[C@H](C)CC[C@H](OCc2ccccc2)C(C)(C)O)C[C@@H](OCc2ccccc2)C[C@H]1OCc1ccccc1. The Balaban J connectivity index is 1.12. The molecule has 278 valence electrons. The van der Waals surface area contributed by atoms with Crippen molar-refractivity contribution in [2.75, 3.05) is 0 Å². The van der Waals surface area contributed by atoms with Gasteiger partial charge in [-0.15, -0.1) is 0 Å². The Kier molecular flexibility index (Phi) is 13.1. The smallest absolute Gasteiger partial charge is 0.0861 e. The molecule has 0 heterocycles. The van der Waals surface area contributed by atoms with Gasteiger partial charge in [0, 0.05) is 6.42 Å². The van der Waals surface area contributed by atoms with E-state index in [-0.39, 0.29) is 18.3 Å². The molecule has 1 unspecified atom stereocenters. The van der Waals surface area contributed by atoms with Crippen LogP contribution in [0.15, 0.2) is 126 Å². The minimum absolute atomic E-state index is 0.0721. The largest absolute Gasteiger partial charge is 0.388 e. The van der Waals surface area contributed by atoms with E-state index in [1.807, 2.05) is 38.1 Å². The van der Waals surface area contributed by atoms with Crippen LogP contribution in [0.1, 0.15) is 102 Å². The molecule has 1 N–H and O–H groups in total. The summed E-state index contributed by atoms with van der Waals surface area (Å²) in [4.78, 5) is 0. The summed E-state index contributed by atoms with van der Waals surface area (Å²) in [5, 5.41) is 11.0. The second-order valence-corrected chi connectivity index (χ2v) is 16.7. The van der Waals surface area contributed by atoms with Gasteiger partial charge in [-0.3, -0.25) is 0 Å². The molecule has 4 nitrogen and oxygen atoms in total. The number of ether oxygens (including phenoxy) is 3. The van der Waals surface area contributed by atoms with Crippen LogP contribution < -0.4 is 0 Å². The highest BCUT2D eigenvalue weighted by molar-refractivity contribution is 5.39. The van der Waals surface area contributed by atoms with Gasteiger partial charge >= 0.3 is 0 Å². The first-order chi connectivity index (χ1) is 25.1. The Labute approximate surface area is 314 Å². The monoisotopic (exact) mass is 702 g/mol.